The Hall–Kier alpha value is -6.17. The van der Waals surface area contributed by atoms with Crippen LogP contribution < -0.4 is 9.84 Å². The van der Waals surface area contributed by atoms with Gasteiger partial charge in [0.1, 0.15) is 23.9 Å². The second kappa shape index (κ2) is 24.6. The van der Waals surface area contributed by atoms with Crippen LogP contribution in [0.15, 0.2) is 97.1 Å². The number of amides is 2. The number of benzene rings is 5. The van der Waals surface area contributed by atoms with E-state index in [9.17, 15) is 29.7 Å². The smallest absolute Gasteiger partial charge is 0.254 e. The zero-order valence-electron chi connectivity index (χ0n) is 38.0. The number of carboxylic acids is 1. The molecular formula is C53H63N2O9-. The lowest BCUT2D eigenvalue weighted by molar-refractivity contribution is -0.307. The van der Waals surface area contributed by atoms with E-state index in [4.69, 9.17) is 14.2 Å². The van der Waals surface area contributed by atoms with Gasteiger partial charge < -0.3 is 44.1 Å². The highest BCUT2D eigenvalue weighted by molar-refractivity contribution is 5.95. The monoisotopic (exact) mass is 871 g/mol. The first kappa shape index (κ1) is 48.9. The van der Waals surface area contributed by atoms with Gasteiger partial charge in [-0.05, 0) is 112 Å². The molecule has 0 saturated heterocycles. The summed E-state index contributed by atoms with van der Waals surface area (Å²) in [5.41, 5.74) is 5.80. The molecule has 0 aromatic heterocycles. The van der Waals surface area contributed by atoms with E-state index in [2.05, 4.69) is 13.8 Å². The summed E-state index contributed by atoms with van der Waals surface area (Å²) in [7, 11) is 0. The molecule has 2 amide bonds. The maximum absolute atomic E-state index is 14.0. The van der Waals surface area contributed by atoms with Gasteiger partial charge in [-0.15, -0.1) is 0 Å². The summed E-state index contributed by atoms with van der Waals surface area (Å²) in [6, 6.07) is 28.8. The molecule has 0 unspecified atom stereocenters. The fourth-order valence-electron chi connectivity index (χ4n) is 7.67. The Kier molecular flexibility index (Phi) is 18.8. The Morgan fingerprint density at radius 3 is 1.31 bits per heavy atom. The molecule has 340 valence electrons. The van der Waals surface area contributed by atoms with Crippen molar-refractivity contribution < 1.29 is 43.9 Å². The van der Waals surface area contributed by atoms with Gasteiger partial charge in [0.15, 0.2) is 0 Å². The first-order valence-corrected chi connectivity index (χ1v) is 22.4. The topological polar surface area (TPSA) is 149 Å². The highest BCUT2D eigenvalue weighted by Crippen LogP contribution is 2.47. The molecule has 2 N–H and O–H groups in total. The maximum Gasteiger partial charge on any atom is 0.254 e. The lowest BCUT2D eigenvalue weighted by Gasteiger charge is -2.26. The number of phenolic OH excluding ortho intramolecular Hbond substituents is 2. The Balaban J connectivity index is 1.57. The zero-order valence-corrected chi connectivity index (χ0v) is 38.0. The number of unbranched alkanes of at least 4 members (excludes halogenated alkanes) is 2. The summed E-state index contributed by atoms with van der Waals surface area (Å²) >= 11 is 0. The van der Waals surface area contributed by atoms with Gasteiger partial charge in [-0.25, -0.2) is 0 Å². The van der Waals surface area contributed by atoms with Gasteiger partial charge in [-0.2, -0.15) is 0 Å². The third-order valence-electron chi connectivity index (χ3n) is 10.9. The van der Waals surface area contributed by atoms with Crippen molar-refractivity contribution in [2.24, 2.45) is 0 Å². The van der Waals surface area contributed by atoms with Crippen molar-refractivity contribution in [1.29, 1.82) is 0 Å². The van der Waals surface area contributed by atoms with E-state index >= 15 is 0 Å². The molecular weight excluding hydrogens is 809 g/mol. The minimum atomic E-state index is -1.46. The average molecular weight is 872 g/mol. The highest BCUT2D eigenvalue weighted by atomic mass is 16.5. The molecule has 11 heteroatoms. The van der Waals surface area contributed by atoms with E-state index in [1.54, 1.807) is 58.3 Å². The molecule has 0 fully saturated rings. The molecule has 0 heterocycles. The number of aromatic hydroxyl groups is 2. The second-order valence-corrected chi connectivity index (χ2v) is 16.3. The van der Waals surface area contributed by atoms with Gasteiger partial charge in [0.25, 0.3) is 11.8 Å². The third kappa shape index (κ3) is 13.7. The van der Waals surface area contributed by atoms with Gasteiger partial charge in [0.2, 0.25) is 0 Å². The predicted molar refractivity (Wildman–Crippen MR) is 248 cm³/mol. The zero-order chi connectivity index (χ0) is 46.0. The maximum atomic E-state index is 14.0. The number of ether oxygens (including phenoxy) is 3. The molecule has 5 aromatic carbocycles. The van der Waals surface area contributed by atoms with Gasteiger partial charge in [-0.3, -0.25) is 9.59 Å². The number of carbonyl (C=O) groups is 3. The Morgan fingerprint density at radius 2 is 0.922 bits per heavy atom. The van der Waals surface area contributed by atoms with Crippen molar-refractivity contribution in [2.45, 2.75) is 86.2 Å². The lowest BCUT2D eigenvalue weighted by Crippen LogP contribution is -2.32. The molecule has 0 radical (unpaired) electrons. The van der Waals surface area contributed by atoms with E-state index in [-0.39, 0.29) is 42.2 Å². The molecule has 11 nitrogen and oxygen atoms in total. The van der Waals surface area contributed by atoms with Gasteiger partial charge >= 0.3 is 0 Å². The number of aryl methyl sites for hydroxylation is 3. The summed E-state index contributed by atoms with van der Waals surface area (Å²) in [5.74, 6) is -1.94. The quantitative estimate of drug-likeness (QED) is 0.0548. The van der Waals surface area contributed by atoms with Crippen LogP contribution >= 0.6 is 0 Å². The van der Waals surface area contributed by atoms with Crippen molar-refractivity contribution in [2.75, 3.05) is 46.1 Å². The summed E-state index contributed by atoms with van der Waals surface area (Å²) in [4.78, 5) is 43.3. The predicted octanol–water partition coefficient (Wildman–Crippen LogP) is 9.18. The number of hydrogen-bond acceptors (Lipinski definition) is 9. The molecule has 5 aromatic rings. The van der Waals surface area contributed by atoms with Gasteiger partial charge in [0.05, 0.1) is 5.97 Å². The molecule has 0 aliphatic rings. The standard InChI is InChI=1S/C53H64N2O9/c1-6-8-24-62-26-16-22-54(52(60)40-18-12-10-13-19-40)34-42-28-37(3)30-44(49(42)58)46-32-39(5)33-47(51(46)64-36-48(56)57)45-31-38(4)29-43(50(45)59)35-55(23-17-27-63-25-9-7-2)53(61)41-20-14-11-15-21-41/h10-15,18-21,28-33,58-59H,6-9,16-17,22-27,34-36H2,1-5H3,(H,56,57)/p-1. The number of phenols is 2. The third-order valence-corrected chi connectivity index (χ3v) is 10.9. The fraction of sp³-hybridized carbons (Fsp3) is 0.377. The van der Waals surface area contributed by atoms with Crippen LogP contribution in [0.25, 0.3) is 22.3 Å². The van der Waals surface area contributed by atoms with Crippen molar-refractivity contribution in [3.05, 3.63) is 136 Å². The van der Waals surface area contributed by atoms with Crippen LogP contribution in [0.4, 0.5) is 0 Å². The number of carbonyl (C=O) groups excluding carboxylic acids is 3. The van der Waals surface area contributed by atoms with E-state index < -0.39 is 12.6 Å². The van der Waals surface area contributed by atoms with Crippen LogP contribution in [0.5, 0.6) is 17.2 Å². The Morgan fingerprint density at radius 1 is 0.547 bits per heavy atom. The number of carboxylic acid groups (broad SMARTS) is 1. The molecule has 0 bridgehead atoms. The molecule has 5 rings (SSSR count). The van der Waals surface area contributed by atoms with Gasteiger partial charge in [0, 0.05) is 97.1 Å². The minimum absolute atomic E-state index is 0.0855. The number of nitrogens with zero attached hydrogens (tertiary/aromatic N) is 2. The van der Waals surface area contributed by atoms with Crippen LogP contribution in [0.1, 0.15) is 101 Å². The summed E-state index contributed by atoms with van der Waals surface area (Å²) in [6.45, 7) is 12.2. The van der Waals surface area contributed by atoms with E-state index in [1.165, 1.54) is 0 Å². The van der Waals surface area contributed by atoms with Crippen LogP contribution in [-0.2, 0) is 27.4 Å². The van der Waals surface area contributed by atoms with Crippen LogP contribution in [0, 0.1) is 20.8 Å². The van der Waals surface area contributed by atoms with Gasteiger partial charge in [-0.1, -0.05) is 75.2 Å². The molecule has 0 atom stereocenters. The number of aliphatic carboxylic acids is 1. The molecule has 0 aliphatic heterocycles. The number of rotatable bonds is 25. The summed E-state index contributed by atoms with van der Waals surface area (Å²) < 4.78 is 17.7. The van der Waals surface area contributed by atoms with Crippen molar-refractivity contribution in [1.82, 2.24) is 9.80 Å². The van der Waals surface area contributed by atoms with E-state index in [1.807, 2.05) is 69.3 Å². The summed E-state index contributed by atoms with van der Waals surface area (Å²) in [5, 5.41) is 36.3. The number of hydrogen-bond donors (Lipinski definition) is 2. The van der Waals surface area contributed by atoms with Crippen molar-refractivity contribution >= 4 is 17.8 Å². The largest absolute Gasteiger partial charge is 0.546 e. The molecule has 0 spiro atoms. The molecule has 0 aliphatic carbocycles. The van der Waals surface area contributed by atoms with Crippen molar-refractivity contribution in [3.63, 3.8) is 0 Å². The highest BCUT2D eigenvalue weighted by Gasteiger charge is 2.26. The summed E-state index contributed by atoms with van der Waals surface area (Å²) in [6.07, 6.45) is 5.15. The fourth-order valence-corrected chi connectivity index (χ4v) is 7.67. The van der Waals surface area contributed by atoms with E-state index in [0.29, 0.717) is 96.9 Å². The minimum Gasteiger partial charge on any atom is -0.546 e. The van der Waals surface area contributed by atoms with Crippen LogP contribution in [0.2, 0.25) is 0 Å². The SMILES string of the molecule is CCCCOCCCN(Cc1cc(C)cc(-c2cc(C)cc(-c3cc(C)cc(CN(CCCOCCCC)C(=O)c4ccccc4)c3O)c2OCC(=O)[O-])c1O)C(=O)c1ccccc1. The van der Waals surface area contributed by atoms with Crippen molar-refractivity contribution in [3.8, 4) is 39.5 Å². The molecule has 64 heavy (non-hydrogen) atoms. The lowest BCUT2D eigenvalue weighted by atomic mass is 9.90. The first-order chi connectivity index (χ1) is 30.9. The second-order valence-electron chi connectivity index (χ2n) is 16.3. The molecule has 0 saturated carbocycles. The Bertz CT molecular complexity index is 2160. The van der Waals surface area contributed by atoms with Crippen LogP contribution in [-0.4, -0.2) is 83.9 Å². The van der Waals surface area contributed by atoms with Crippen LogP contribution in [0.3, 0.4) is 0 Å². The van der Waals surface area contributed by atoms with E-state index in [0.717, 1.165) is 42.4 Å². The Labute approximate surface area is 378 Å². The first-order valence-electron chi connectivity index (χ1n) is 22.4. The average Bonchev–Trinajstić information content (AvgIpc) is 3.29. The normalized spacial score (nSPS) is 11.1.